The van der Waals surface area contributed by atoms with Gasteiger partial charge in [-0.1, -0.05) is 40.7 Å². The molecule has 2 N–H and O–H groups in total. The molecule has 1 atom stereocenters. The average molecular weight is 328 g/mol. The molecule has 0 heterocycles. The van der Waals surface area contributed by atoms with E-state index in [1.54, 1.807) is 18.2 Å². The van der Waals surface area contributed by atoms with Crippen LogP contribution in [0.4, 0.5) is 4.79 Å². The van der Waals surface area contributed by atoms with Gasteiger partial charge in [-0.25, -0.2) is 9.59 Å². The molecule has 0 aliphatic carbocycles. The van der Waals surface area contributed by atoms with Crippen molar-refractivity contribution < 1.29 is 19.4 Å². The van der Waals surface area contributed by atoms with E-state index in [0.29, 0.717) is 0 Å². The van der Waals surface area contributed by atoms with E-state index < -0.39 is 18.1 Å². The van der Waals surface area contributed by atoms with Crippen LogP contribution >= 0.6 is 15.9 Å². The second kappa shape index (κ2) is 7.58. The molecule has 0 unspecified atom stereocenters. The van der Waals surface area contributed by atoms with Gasteiger partial charge in [0.25, 0.3) is 0 Å². The number of carbonyl (C=O) groups is 2. The summed E-state index contributed by atoms with van der Waals surface area (Å²) in [4.78, 5) is 22.4. The number of alkyl carbamates (subject to hydrolysis) is 1. The second-order valence-electron chi connectivity index (χ2n) is 3.76. The van der Waals surface area contributed by atoms with Crippen molar-refractivity contribution in [1.82, 2.24) is 5.32 Å². The Kier molecular flexibility index (Phi) is 6.08. The van der Waals surface area contributed by atoms with Gasteiger partial charge in [0.05, 0.1) is 0 Å². The maximum Gasteiger partial charge on any atom is 0.408 e. The predicted octanol–water partition coefficient (Wildman–Crippen LogP) is 2.36. The highest BCUT2D eigenvalue weighted by molar-refractivity contribution is 9.10. The van der Waals surface area contributed by atoms with Crippen molar-refractivity contribution in [1.29, 1.82) is 0 Å². The number of ether oxygens (including phenoxy) is 1. The third kappa shape index (κ3) is 5.56. The molecular formula is C13H14BrNO4. The highest BCUT2D eigenvalue weighted by Crippen LogP contribution is 2.13. The quantitative estimate of drug-likeness (QED) is 0.786. The van der Waals surface area contributed by atoms with Crippen LogP contribution in [0.15, 0.2) is 41.4 Å². The van der Waals surface area contributed by atoms with Crippen LogP contribution in [0.5, 0.6) is 0 Å². The molecule has 102 valence electrons. The molecular weight excluding hydrogens is 314 g/mol. The van der Waals surface area contributed by atoms with E-state index in [2.05, 4.69) is 27.8 Å². The van der Waals surface area contributed by atoms with Gasteiger partial charge in [0.15, 0.2) is 0 Å². The van der Waals surface area contributed by atoms with E-state index in [-0.39, 0.29) is 13.0 Å². The molecule has 0 aliphatic rings. The Morgan fingerprint density at radius 3 is 2.84 bits per heavy atom. The van der Waals surface area contributed by atoms with E-state index in [9.17, 15) is 9.59 Å². The molecule has 0 radical (unpaired) electrons. The first-order valence-electron chi connectivity index (χ1n) is 5.54. The Balaban J connectivity index is 2.65. The second-order valence-corrected chi connectivity index (χ2v) is 4.67. The molecule has 0 fully saturated rings. The molecule has 0 aliphatic heterocycles. The van der Waals surface area contributed by atoms with Gasteiger partial charge in [0.1, 0.15) is 12.6 Å². The van der Waals surface area contributed by atoms with E-state index in [4.69, 9.17) is 9.84 Å². The number of carboxylic acid groups (broad SMARTS) is 1. The summed E-state index contributed by atoms with van der Waals surface area (Å²) in [5.41, 5.74) is 0.797. The van der Waals surface area contributed by atoms with Crippen LogP contribution in [-0.2, 0) is 16.0 Å². The molecule has 0 saturated carbocycles. The van der Waals surface area contributed by atoms with E-state index in [1.807, 2.05) is 6.07 Å². The first-order chi connectivity index (χ1) is 9.02. The maximum absolute atomic E-state index is 11.3. The van der Waals surface area contributed by atoms with Crippen molar-refractivity contribution >= 4 is 28.0 Å². The summed E-state index contributed by atoms with van der Waals surface area (Å²) in [5, 5.41) is 11.4. The number of benzene rings is 1. The molecule has 0 spiro atoms. The van der Waals surface area contributed by atoms with Gasteiger partial charge in [-0.2, -0.15) is 0 Å². The van der Waals surface area contributed by atoms with Gasteiger partial charge < -0.3 is 15.2 Å². The third-order valence-electron chi connectivity index (χ3n) is 2.25. The molecule has 6 heteroatoms. The summed E-state index contributed by atoms with van der Waals surface area (Å²) in [7, 11) is 0. The molecule has 1 aromatic carbocycles. The Hall–Kier alpha value is -1.82. The number of carbonyl (C=O) groups excluding carboxylic acids is 1. The van der Waals surface area contributed by atoms with Crippen LogP contribution in [0.1, 0.15) is 5.56 Å². The van der Waals surface area contributed by atoms with Crippen LogP contribution in [0.25, 0.3) is 0 Å². The van der Waals surface area contributed by atoms with Gasteiger partial charge in [0, 0.05) is 10.9 Å². The number of aliphatic carboxylic acids is 1. The lowest BCUT2D eigenvalue weighted by Gasteiger charge is -2.14. The van der Waals surface area contributed by atoms with Crippen LogP contribution in [0.3, 0.4) is 0 Å². The lowest BCUT2D eigenvalue weighted by atomic mass is 10.1. The van der Waals surface area contributed by atoms with Gasteiger partial charge in [-0.3, -0.25) is 0 Å². The first kappa shape index (κ1) is 15.2. The fourth-order valence-corrected chi connectivity index (χ4v) is 1.86. The standard InChI is InChI=1S/C13H14BrNO4/c1-2-6-19-13(18)15-11(12(16)17)8-9-4-3-5-10(14)7-9/h2-5,7,11H,1,6,8H2,(H,15,18)(H,16,17)/t11-/m1/s1. The Morgan fingerprint density at radius 1 is 1.53 bits per heavy atom. The topological polar surface area (TPSA) is 75.6 Å². The summed E-state index contributed by atoms with van der Waals surface area (Å²) in [6, 6.07) is 6.19. The minimum atomic E-state index is -1.12. The number of nitrogens with one attached hydrogen (secondary N) is 1. The first-order valence-corrected chi connectivity index (χ1v) is 6.33. The summed E-state index contributed by atoms with van der Waals surface area (Å²) >= 11 is 3.30. The fourth-order valence-electron chi connectivity index (χ4n) is 1.42. The maximum atomic E-state index is 11.3. The highest BCUT2D eigenvalue weighted by Gasteiger charge is 2.21. The summed E-state index contributed by atoms with van der Waals surface area (Å²) in [6.45, 7) is 3.43. The molecule has 1 rings (SSSR count). The van der Waals surface area contributed by atoms with Crippen LogP contribution in [0.2, 0.25) is 0 Å². The van der Waals surface area contributed by atoms with E-state index in [1.165, 1.54) is 6.08 Å². The zero-order chi connectivity index (χ0) is 14.3. The number of halogens is 1. The zero-order valence-electron chi connectivity index (χ0n) is 10.1. The summed E-state index contributed by atoms with van der Waals surface area (Å²) in [6.07, 6.45) is 0.809. The normalized spacial score (nSPS) is 11.4. The van der Waals surface area contributed by atoms with Crippen molar-refractivity contribution in [3.8, 4) is 0 Å². The number of hydrogen-bond donors (Lipinski definition) is 2. The number of rotatable bonds is 6. The molecule has 1 amide bonds. The van der Waals surface area contributed by atoms with Gasteiger partial charge in [-0.15, -0.1) is 0 Å². The summed E-state index contributed by atoms with van der Waals surface area (Å²) < 4.78 is 5.54. The fraction of sp³-hybridized carbons (Fsp3) is 0.231. The number of hydrogen-bond acceptors (Lipinski definition) is 3. The lowest BCUT2D eigenvalue weighted by Crippen LogP contribution is -2.42. The lowest BCUT2D eigenvalue weighted by molar-refractivity contribution is -0.139. The van der Waals surface area contributed by atoms with Crippen molar-refractivity contribution in [2.75, 3.05) is 6.61 Å². The van der Waals surface area contributed by atoms with Gasteiger partial charge in [-0.05, 0) is 17.7 Å². The largest absolute Gasteiger partial charge is 0.480 e. The Morgan fingerprint density at radius 2 is 2.26 bits per heavy atom. The highest BCUT2D eigenvalue weighted by atomic mass is 79.9. The Labute approximate surface area is 119 Å². The monoisotopic (exact) mass is 327 g/mol. The molecule has 1 aromatic rings. The van der Waals surface area contributed by atoms with Crippen molar-refractivity contribution in [2.24, 2.45) is 0 Å². The number of amides is 1. The van der Waals surface area contributed by atoms with E-state index >= 15 is 0 Å². The van der Waals surface area contributed by atoms with Gasteiger partial charge in [0.2, 0.25) is 0 Å². The average Bonchev–Trinajstić information content (AvgIpc) is 2.35. The van der Waals surface area contributed by atoms with Crippen LogP contribution in [0, 0.1) is 0 Å². The van der Waals surface area contributed by atoms with Crippen molar-refractivity contribution in [3.05, 3.63) is 47.0 Å². The molecule has 19 heavy (non-hydrogen) atoms. The third-order valence-corrected chi connectivity index (χ3v) is 2.74. The SMILES string of the molecule is C=CCOC(=O)N[C@H](Cc1cccc(Br)c1)C(=O)O. The predicted molar refractivity (Wildman–Crippen MR) is 74.0 cm³/mol. The minimum absolute atomic E-state index is 0.0368. The minimum Gasteiger partial charge on any atom is -0.480 e. The number of carboxylic acids is 1. The molecule has 0 bridgehead atoms. The van der Waals surface area contributed by atoms with Crippen molar-refractivity contribution in [2.45, 2.75) is 12.5 Å². The molecule has 5 nitrogen and oxygen atoms in total. The van der Waals surface area contributed by atoms with Crippen LogP contribution < -0.4 is 5.32 Å². The Bertz CT molecular complexity index is 475. The zero-order valence-corrected chi connectivity index (χ0v) is 11.7. The van der Waals surface area contributed by atoms with Gasteiger partial charge >= 0.3 is 12.1 Å². The molecule has 0 saturated heterocycles. The molecule has 0 aromatic heterocycles. The summed E-state index contributed by atoms with van der Waals surface area (Å²) in [5.74, 6) is -1.12. The van der Waals surface area contributed by atoms with Crippen molar-refractivity contribution in [3.63, 3.8) is 0 Å². The van der Waals surface area contributed by atoms with E-state index in [0.717, 1.165) is 10.0 Å². The van der Waals surface area contributed by atoms with Crippen LogP contribution in [-0.4, -0.2) is 29.8 Å². The smallest absolute Gasteiger partial charge is 0.408 e.